The third-order valence-corrected chi connectivity index (χ3v) is 4.57. The molecule has 0 aromatic heterocycles. The van der Waals surface area contributed by atoms with Crippen LogP contribution < -0.4 is 0 Å². The molecule has 0 bridgehead atoms. The van der Waals surface area contributed by atoms with Gasteiger partial charge in [0.25, 0.3) is 5.91 Å². The van der Waals surface area contributed by atoms with Gasteiger partial charge in [-0.15, -0.1) is 0 Å². The fourth-order valence-corrected chi connectivity index (χ4v) is 3.07. The summed E-state index contributed by atoms with van der Waals surface area (Å²) >= 11 is 0. The number of amides is 1. The number of piperazine rings is 1. The molecule has 0 N–H and O–H groups in total. The number of rotatable bonds is 3. The predicted molar refractivity (Wildman–Crippen MR) is 93.4 cm³/mol. The van der Waals surface area contributed by atoms with E-state index in [4.69, 9.17) is 0 Å². The second-order valence-corrected chi connectivity index (χ2v) is 6.28. The Labute approximate surface area is 147 Å². The van der Waals surface area contributed by atoms with Crippen LogP contribution in [0.1, 0.15) is 27.5 Å². The molecule has 2 aromatic carbocycles. The van der Waals surface area contributed by atoms with Crippen molar-refractivity contribution in [3.05, 3.63) is 71.0 Å². The second-order valence-electron chi connectivity index (χ2n) is 6.28. The van der Waals surface area contributed by atoms with E-state index in [2.05, 4.69) is 6.07 Å². The zero-order valence-electron chi connectivity index (χ0n) is 14.2. The molecule has 1 aliphatic heterocycles. The number of aryl methyl sites for hydroxylation is 1. The fraction of sp³-hybridized carbons (Fsp3) is 0.300. The Balaban J connectivity index is 1.64. The van der Waals surface area contributed by atoms with Gasteiger partial charge in [-0.2, -0.15) is 5.26 Å². The molecule has 128 valence electrons. The van der Waals surface area contributed by atoms with Crippen LogP contribution in [0.5, 0.6) is 0 Å². The molecular formula is C20H20FN3O. The summed E-state index contributed by atoms with van der Waals surface area (Å²) in [7, 11) is 0. The lowest BCUT2D eigenvalue weighted by atomic mass is 10.1. The van der Waals surface area contributed by atoms with Gasteiger partial charge in [-0.05, 0) is 36.8 Å². The normalized spacial score (nSPS) is 16.3. The molecule has 5 heteroatoms. The minimum Gasteiger partial charge on any atom is -0.336 e. The van der Waals surface area contributed by atoms with Crippen LogP contribution in [0.2, 0.25) is 0 Å². The van der Waals surface area contributed by atoms with Gasteiger partial charge in [0, 0.05) is 31.7 Å². The molecular weight excluding hydrogens is 317 g/mol. The molecule has 0 radical (unpaired) electrons. The van der Waals surface area contributed by atoms with Crippen molar-refractivity contribution in [3.63, 3.8) is 0 Å². The summed E-state index contributed by atoms with van der Waals surface area (Å²) < 4.78 is 13.1. The van der Waals surface area contributed by atoms with Crippen LogP contribution in [0, 0.1) is 24.1 Å². The minimum atomic E-state index is -0.419. The standard InChI is InChI=1S/C20H20FN3O/c1-15-2-4-17(5-3-15)20(25)24-12-10-23(11-13-24)19(14-22)16-6-8-18(21)9-7-16/h2-9,19H,10-13H2,1H3/t19-/m0/s1. The Morgan fingerprint density at radius 2 is 1.64 bits per heavy atom. The maximum atomic E-state index is 13.1. The summed E-state index contributed by atoms with van der Waals surface area (Å²) in [5, 5.41) is 9.51. The lowest BCUT2D eigenvalue weighted by molar-refractivity contribution is 0.0606. The van der Waals surface area contributed by atoms with E-state index in [1.54, 1.807) is 12.1 Å². The van der Waals surface area contributed by atoms with Crippen molar-refractivity contribution < 1.29 is 9.18 Å². The predicted octanol–water partition coefficient (Wildman–Crippen LogP) is 3.16. The van der Waals surface area contributed by atoms with Gasteiger partial charge in [0.15, 0.2) is 0 Å². The van der Waals surface area contributed by atoms with Gasteiger partial charge in [0.2, 0.25) is 0 Å². The van der Waals surface area contributed by atoms with Gasteiger partial charge < -0.3 is 4.90 Å². The molecule has 1 saturated heterocycles. The number of carbonyl (C=O) groups excluding carboxylic acids is 1. The molecule has 3 rings (SSSR count). The molecule has 1 atom stereocenters. The van der Waals surface area contributed by atoms with Gasteiger partial charge in [0.1, 0.15) is 11.9 Å². The molecule has 25 heavy (non-hydrogen) atoms. The average molecular weight is 337 g/mol. The Hall–Kier alpha value is -2.71. The Morgan fingerprint density at radius 1 is 1.04 bits per heavy atom. The van der Waals surface area contributed by atoms with Crippen molar-refractivity contribution in [1.82, 2.24) is 9.80 Å². The highest BCUT2D eigenvalue weighted by atomic mass is 19.1. The zero-order valence-corrected chi connectivity index (χ0v) is 14.2. The second kappa shape index (κ2) is 7.45. The highest BCUT2D eigenvalue weighted by Gasteiger charge is 2.27. The number of hydrogen-bond donors (Lipinski definition) is 0. The first-order chi connectivity index (χ1) is 12.1. The van der Waals surface area contributed by atoms with E-state index in [9.17, 15) is 14.4 Å². The smallest absolute Gasteiger partial charge is 0.253 e. The van der Waals surface area contributed by atoms with Crippen molar-refractivity contribution in [2.75, 3.05) is 26.2 Å². The summed E-state index contributed by atoms with van der Waals surface area (Å²) in [6.07, 6.45) is 0. The van der Waals surface area contributed by atoms with E-state index in [1.165, 1.54) is 12.1 Å². The lowest BCUT2D eigenvalue weighted by Crippen LogP contribution is -2.49. The third-order valence-electron chi connectivity index (χ3n) is 4.57. The highest BCUT2D eigenvalue weighted by Crippen LogP contribution is 2.22. The molecule has 1 amide bonds. The van der Waals surface area contributed by atoms with E-state index in [-0.39, 0.29) is 11.7 Å². The quantitative estimate of drug-likeness (QED) is 0.864. The summed E-state index contributed by atoms with van der Waals surface area (Å²) in [4.78, 5) is 16.4. The van der Waals surface area contributed by atoms with Gasteiger partial charge in [-0.1, -0.05) is 29.8 Å². The first-order valence-corrected chi connectivity index (χ1v) is 8.33. The highest BCUT2D eigenvalue weighted by molar-refractivity contribution is 5.94. The van der Waals surface area contributed by atoms with Crippen molar-refractivity contribution in [3.8, 4) is 6.07 Å². The van der Waals surface area contributed by atoms with Crippen LogP contribution in [0.3, 0.4) is 0 Å². The lowest BCUT2D eigenvalue weighted by Gasteiger charge is -2.37. The van der Waals surface area contributed by atoms with Crippen LogP contribution >= 0.6 is 0 Å². The first-order valence-electron chi connectivity index (χ1n) is 8.33. The molecule has 0 unspecified atom stereocenters. The molecule has 4 nitrogen and oxygen atoms in total. The average Bonchev–Trinajstić information content (AvgIpc) is 2.64. The fourth-order valence-electron chi connectivity index (χ4n) is 3.07. The molecule has 0 aliphatic carbocycles. The van der Waals surface area contributed by atoms with E-state index < -0.39 is 6.04 Å². The third kappa shape index (κ3) is 3.86. The minimum absolute atomic E-state index is 0.0231. The van der Waals surface area contributed by atoms with Crippen LogP contribution in [-0.2, 0) is 0 Å². The van der Waals surface area contributed by atoms with Crippen LogP contribution in [-0.4, -0.2) is 41.9 Å². The largest absolute Gasteiger partial charge is 0.336 e. The van der Waals surface area contributed by atoms with Crippen molar-refractivity contribution >= 4 is 5.91 Å². The Bertz CT molecular complexity index is 772. The maximum absolute atomic E-state index is 13.1. The monoisotopic (exact) mass is 337 g/mol. The summed E-state index contributed by atoms with van der Waals surface area (Å²) in [5.74, 6) is -0.288. The number of nitriles is 1. The van der Waals surface area contributed by atoms with Crippen molar-refractivity contribution in [1.29, 1.82) is 5.26 Å². The van der Waals surface area contributed by atoms with Crippen LogP contribution in [0.25, 0.3) is 0 Å². The number of nitrogens with zero attached hydrogens (tertiary/aromatic N) is 3. The molecule has 1 heterocycles. The van der Waals surface area contributed by atoms with Gasteiger partial charge in [-0.25, -0.2) is 4.39 Å². The number of carbonyl (C=O) groups is 1. The Morgan fingerprint density at radius 3 is 2.20 bits per heavy atom. The van der Waals surface area contributed by atoms with Crippen LogP contribution in [0.15, 0.2) is 48.5 Å². The first kappa shape index (κ1) is 17.1. The zero-order chi connectivity index (χ0) is 17.8. The number of benzene rings is 2. The van der Waals surface area contributed by atoms with Gasteiger partial charge in [0.05, 0.1) is 6.07 Å². The van der Waals surface area contributed by atoms with Crippen molar-refractivity contribution in [2.24, 2.45) is 0 Å². The maximum Gasteiger partial charge on any atom is 0.253 e. The SMILES string of the molecule is Cc1ccc(C(=O)N2CCN([C@@H](C#N)c3ccc(F)cc3)CC2)cc1. The van der Waals surface area contributed by atoms with Crippen molar-refractivity contribution in [2.45, 2.75) is 13.0 Å². The van der Waals surface area contributed by atoms with Gasteiger partial charge >= 0.3 is 0 Å². The Kier molecular flexibility index (Phi) is 5.11. The molecule has 1 aliphatic rings. The van der Waals surface area contributed by atoms with E-state index in [1.807, 2.05) is 41.0 Å². The summed E-state index contributed by atoms with van der Waals surface area (Å²) in [6, 6.07) is 15.5. The topological polar surface area (TPSA) is 47.3 Å². The molecule has 2 aromatic rings. The van der Waals surface area contributed by atoms with Crippen LogP contribution in [0.4, 0.5) is 4.39 Å². The summed E-state index contributed by atoms with van der Waals surface area (Å²) in [5.41, 5.74) is 2.59. The molecule has 1 fully saturated rings. The molecule has 0 spiro atoms. The van der Waals surface area contributed by atoms with E-state index in [0.29, 0.717) is 31.7 Å². The molecule has 0 saturated carbocycles. The summed E-state index contributed by atoms with van der Waals surface area (Å²) in [6.45, 7) is 4.38. The van der Waals surface area contributed by atoms with E-state index in [0.717, 1.165) is 11.1 Å². The van der Waals surface area contributed by atoms with E-state index >= 15 is 0 Å². The van der Waals surface area contributed by atoms with Gasteiger partial charge in [-0.3, -0.25) is 9.69 Å². The number of halogens is 1. The number of hydrogen-bond acceptors (Lipinski definition) is 3.